The zero-order valence-electron chi connectivity index (χ0n) is 16.6. The summed E-state index contributed by atoms with van der Waals surface area (Å²) < 4.78 is 29.5. The number of amidine groups is 1. The molecule has 6 nitrogen and oxygen atoms in total. The number of fused-ring (bicyclic) bond motifs is 1. The molecule has 0 saturated heterocycles. The maximum Gasteiger partial charge on any atom is 0.335 e. The summed E-state index contributed by atoms with van der Waals surface area (Å²) in [5.74, 6) is 5.57. The predicted molar refractivity (Wildman–Crippen MR) is 110 cm³/mol. The lowest BCUT2D eigenvalue weighted by Crippen LogP contribution is -2.30. The number of aliphatic imine (C=N–C) groups is 2. The summed E-state index contributed by atoms with van der Waals surface area (Å²) >= 11 is 0. The number of esters is 1. The SMILES string of the molecule is C=N/C(C#Cc1ccc2c(c1)C(C)(C)CCS2(=O)=O)=N\C=C(/C)C(=O)OCC. The van der Waals surface area contributed by atoms with Crippen LogP contribution in [0.3, 0.4) is 0 Å². The Labute approximate surface area is 166 Å². The van der Waals surface area contributed by atoms with Crippen molar-refractivity contribution in [3.63, 3.8) is 0 Å². The Bertz CT molecular complexity index is 1020. The first-order valence-corrected chi connectivity index (χ1v) is 10.5. The van der Waals surface area contributed by atoms with Gasteiger partial charge in [0.15, 0.2) is 9.84 Å². The highest BCUT2D eigenvalue weighted by atomic mass is 32.2. The average molecular weight is 401 g/mol. The summed E-state index contributed by atoms with van der Waals surface area (Å²) in [6.07, 6.45) is 1.90. The van der Waals surface area contributed by atoms with Crippen molar-refractivity contribution < 1.29 is 17.9 Å². The van der Waals surface area contributed by atoms with Gasteiger partial charge in [-0.15, -0.1) is 0 Å². The van der Waals surface area contributed by atoms with E-state index >= 15 is 0 Å². The van der Waals surface area contributed by atoms with Gasteiger partial charge in [0.1, 0.15) is 0 Å². The molecule has 0 atom stereocenters. The molecule has 1 aliphatic rings. The number of hydrogen-bond donors (Lipinski definition) is 0. The van der Waals surface area contributed by atoms with Crippen molar-refractivity contribution in [1.82, 2.24) is 0 Å². The Balaban J connectivity index is 2.35. The highest BCUT2D eigenvalue weighted by Crippen LogP contribution is 2.38. The number of carbonyl (C=O) groups is 1. The molecule has 0 aliphatic carbocycles. The lowest BCUT2D eigenvalue weighted by molar-refractivity contribution is -0.138. The number of ether oxygens (including phenoxy) is 1. The number of rotatable bonds is 3. The Morgan fingerprint density at radius 2 is 2.11 bits per heavy atom. The van der Waals surface area contributed by atoms with Gasteiger partial charge >= 0.3 is 5.97 Å². The van der Waals surface area contributed by atoms with Gasteiger partial charge in [-0.1, -0.05) is 19.8 Å². The molecule has 7 heteroatoms. The molecule has 1 aromatic rings. The minimum Gasteiger partial charge on any atom is -0.463 e. The van der Waals surface area contributed by atoms with Gasteiger partial charge in [0.2, 0.25) is 5.84 Å². The van der Waals surface area contributed by atoms with Crippen molar-refractivity contribution in [3.8, 4) is 11.8 Å². The highest BCUT2D eigenvalue weighted by molar-refractivity contribution is 7.91. The monoisotopic (exact) mass is 400 g/mol. The standard InChI is InChI=1S/C21H24N2O4S/c1-6-27-20(24)15(2)14-23-19(22-5)10-8-16-7-9-18-17(13-16)21(3,4)11-12-28(18,25)26/h7,9,13-14H,5-6,11-12H2,1-4H3/b15-14+,23-19-. The van der Waals surface area contributed by atoms with Crippen LogP contribution < -0.4 is 0 Å². The minimum absolute atomic E-state index is 0.147. The molecule has 0 unspecified atom stereocenters. The third-order valence-electron chi connectivity index (χ3n) is 4.49. The number of hydrogen-bond acceptors (Lipinski definition) is 5. The molecule has 0 aromatic heterocycles. The lowest BCUT2D eigenvalue weighted by atomic mass is 9.81. The molecule has 28 heavy (non-hydrogen) atoms. The van der Waals surface area contributed by atoms with Crippen molar-refractivity contribution in [3.05, 3.63) is 41.1 Å². The Morgan fingerprint density at radius 1 is 1.39 bits per heavy atom. The first-order chi connectivity index (χ1) is 13.1. The molecule has 0 bridgehead atoms. The normalized spacial score (nSPS) is 17.7. The van der Waals surface area contributed by atoms with E-state index in [2.05, 4.69) is 28.5 Å². The van der Waals surface area contributed by atoms with E-state index in [1.165, 1.54) is 6.20 Å². The highest BCUT2D eigenvalue weighted by Gasteiger charge is 2.35. The molecule has 0 saturated carbocycles. The molecule has 148 valence electrons. The summed E-state index contributed by atoms with van der Waals surface area (Å²) in [5, 5.41) is 0. The molecule has 1 heterocycles. The van der Waals surface area contributed by atoms with Gasteiger partial charge < -0.3 is 4.74 Å². The lowest BCUT2D eigenvalue weighted by Gasteiger charge is -2.32. The molecule has 0 fully saturated rings. The first-order valence-electron chi connectivity index (χ1n) is 8.88. The van der Waals surface area contributed by atoms with Crippen molar-refractivity contribution >= 4 is 28.4 Å². The maximum atomic E-state index is 12.3. The van der Waals surface area contributed by atoms with Crippen LogP contribution in [0.5, 0.6) is 0 Å². The number of sulfone groups is 1. The van der Waals surface area contributed by atoms with E-state index < -0.39 is 15.8 Å². The fourth-order valence-electron chi connectivity index (χ4n) is 2.74. The van der Waals surface area contributed by atoms with Crippen LogP contribution in [-0.2, 0) is 24.8 Å². The first kappa shape index (κ1) is 21.6. The second kappa shape index (κ2) is 8.53. The number of benzene rings is 1. The van der Waals surface area contributed by atoms with Gasteiger partial charge in [-0.05, 0) is 62.1 Å². The third kappa shape index (κ3) is 4.96. The third-order valence-corrected chi connectivity index (χ3v) is 6.25. The van der Waals surface area contributed by atoms with Crippen LogP contribution in [0.15, 0.2) is 44.9 Å². The van der Waals surface area contributed by atoms with Gasteiger partial charge in [0.05, 0.1) is 22.8 Å². The molecule has 0 radical (unpaired) electrons. The van der Waals surface area contributed by atoms with Crippen molar-refractivity contribution in [2.75, 3.05) is 12.4 Å². The van der Waals surface area contributed by atoms with Crippen molar-refractivity contribution in [1.29, 1.82) is 0 Å². The molecule has 0 spiro atoms. The molecule has 0 N–H and O–H groups in total. The van der Waals surface area contributed by atoms with Crippen LogP contribution in [0, 0.1) is 11.8 Å². The minimum atomic E-state index is -3.25. The summed E-state index contributed by atoms with van der Waals surface area (Å²) in [5.41, 5.74) is 1.51. The van der Waals surface area contributed by atoms with E-state index in [1.54, 1.807) is 32.0 Å². The zero-order valence-corrected chi connectivity index (χ0v) is 17.4. The van der Waals surface area contributed by atoms with E-state index in [4.69, 9.17) is 4.74 Å². The molecule has 1 aliphatic heterocycles. The van der Waals surface area contributed by atoms with Crippen molar-refractivity contribution in [2.45, 2.75) is 44.4 Å². The molecule has 1 aromatic carbocycles. The van der Waals surface area contributed by atoms with Crippen LogP contribution in [0.25, 0.3) is 0 Å². The van der Waals surface area contributed by atoms with Gasteiger partial charge in [0, 0.05) is 11.8 Å². The zero-order chi connectivity index (χ0) is 20.9. The summed E-state index contributed by atoms with van der Waals surface area (Å²) in [6, 6.07) is 5.09. The average Bonchev–Trinajstić information content (AvgIpc) is 2.65. The predicted octanol–water partition coefficient (Wildman–Crippen LogP) is 3.06. The van der Waals surface area contributed by atoms with Gasteiger partial charge in [0.25, 0.3) is 0 Å². The molecule has 2 rings (SSSR count). The van der Waals surface area contributed by atoms with E-state index in [-0.39, 0.29) is 23.6 Å². The Hall–Kier alpha value is -2.72. The molecular weight excluding hydrogens is 376 g/mol. The molecule has 0 amide bonds. The summed E-state index contributed by atoms with van der Waals surface area (Å²) in [4.78, 5) is 19.8. The maximum absolute atomic E-state index is 12.3. The number of carbonyl (C=O) groups excluding carboxylic acids is 1. The van der Waals surface area contributed by atoms with Crippen LogP contribution in [0.2, 0.25) is 0 Å². The largest absolute Gasteiger partial charge is 0.463 e. The van der Waals surface area contributed by atoms with E-state index in [0.717, 1.165) is 5.56 Å². The smallest absolute Gasteiger partial charge is 0.335 e. The Kier molecular flexibility index (Phi) is 6.57. The van der Waals surface area contributed by atoms with Gasteiger partial charge in [-0.3, -0.25) is 0 Å². The second-order valence-electron chi connectivity index (χ2n) is 7.06. The fraction of sp³-hybridized carbons (Fsp3) is 0.381. The molecular formula is C21H24N2O4S. The van der Waals surface area contributed by atoms with E-state index in [0.29, 0.717) is 22.5 Å². The summed E-state index contributed by atoms with van der Waals surface area (Å²) in [6.45, 7) is 11.1. The van der Waals surface area contributed by atoms with Gasteiger partial charge in [-0.25, -0.2) is 23.2 Å². The van der Waals surface area contributed by atoms with E-state index in [9.17, 15) is 13.2 Å². The van der Waals surface area contributed by atoms with Gasteiger partial charge in [-0.2, -0.15) is 0 Å². The number of nitrogens with zero attached hydrogens (tertiary/aromatic N) is 2. The van der Waals surface area contributed by atoms with Crippen LogP contribution in [-0.4, -0.2) is 39.3 Å². The second-order valence-corrected chi connectivity index (χ2v) is 9.13. The van der Waals surface area contributed by atoms with Crippen LogP contribution in [0.4, 0.5) is 0 Å². The van der Waals surface area contributed by atoms with Crippen LogP contribution in [0.1, 0.15) is 45.2 Å². The summed E-state index contributed by atoms with van der Waals surface area (Å²) in [7, 11) is -3.25. The van der Waals surface area contributed by atoms with Crippen LogP contribution >= 0.6 is 0 Å². The van der Waals surface area contributed by atoms with E-state index in [1.807, 2.05) is 13.8 Å². The fourth-order valence-corrected chi connectivity index (χ4v) is 4.68. The quantitative estimate of drug-likeness (QED) is 0.257. The Morgan fingerprint density at radius 3 is 2.75 bits per heavy atom. The topological polar surface area (TPSA) is 85.2 Å². The van der Waals surface area contributed by atoms with Crippen molar-refractivity contribution in [2.24, 2.45) is 9.98 Å².